The maximum absolute atomic E-state index is 10.2. The third kappa shape index (κ3) is 3.34. The van der Waals surface area contributed by atoms with Crippen LogP contribution >= 0.6 is 0 Å². The average molecular weight is 351 g/mol. The molecular weight excluding hydrogens is 330 g/mol. The molecule has 0 aromatic carbocycles. The molecule has 0 saturated carbocycles. The van der Waals surface area contributed by atoms with Crippen LogP contribution in [0.15, 0.2) is 24.3 Å². The second-order valence-corrected chi connectivity index (χ2v) is 5.86. The van der Waals surface area contributed by atoms with E-state index >= 15 is 0 Å². The van der Waals surface area contributed by atoms with Gasteiger partial charge in [-0.3, -0.25) is 4.57 Å². The van der Waals surface area contributed by atoms with Gasteiger partial charge in [0.05, 0.1) is 19.5 Å². The Kier molecular flexibility index (Phi) is 5.25. The van der Waals surface area contributed by atoms with E-state index in [4.69, 9.17) is 9.84 Å². The van der Waals surface area contributed by atoms with Crippen molar-refractivity contribution in [3.63, 3.8) is 0 Å². The molecule has 1 aliphatic heterocycles. The number of hydrogen-bond acceptors (Lipinski definition) is 9. The monoisotopic (exact) mass is 351 g/mol. The van der Waals surface area contributed by atoms with Gasteiger partial charge in [-0.2, -0.15) is 0 Å². The summed E-state index contributed by atoms with van der Waals surface area (Å²) in [7, 11) is 0. The Morgan fingerprint density at radius 1 is 1.28 bits per heavy atom. The number of imidazole rings is 1. The van der Waals surface area contributed by atoms with E-state index in [1.807, 2.05) is 13.0 Å². The summed E-state index contributed by atoms with van der Waals surface area (Å²) in [6.45, 7) is 1.85. The molecule has 0 spiro atoms. The van der Waals surface area contributed by atoms with E-state index in [1.165, 1.54) is 17.2 Å². The Labute approximate surface area is 143 Å². The summed E-state index contributed by atoms with van der Waals surface area (Å²) in [5.41, 5.74) is 1.74. The van der Waals surface area contributed by atoms with Crippen LogP contribution in [0.3, 0.4) is 0 Å². The standard InChI is InChI=1S/C15H21N5O5/c1-8(4-21)2-3-16-13-10-14(18-6-17-13)20(7-19-10)15-12(24)11(23)9(5-22)25-15/h2,6-7,9,11-12,15,21-24H,3-5H2,1H3,(H,16,17,18)/b8-2+/t9-,11+,12-,15-/m1/s1. The van der Waals surface area contributed by atoms with E-state index in [0.29, 0.717) is 23.5 Å². The lowest BCUT2D eigenvalue weighted by atomic mass is 10.1. The molecule has 25 heavy (non-hydrogen) atoms. The lowest BCUT2D eigenvalue weighted by Crippen LogP contribution is -2.33. The molecule has 0 aliphatic carbocycles. The molecule has 10 nitrogen and oxygen atoms in total. The van der Waals surface area contributed by atoms with Crippen LogP contribution < -0.4 is 5.32 Å². The lowest BCUT2D eigenvalue weighted by Gasteiger charge is -2.16. The van der Waals surface area contributed by atoms with Gasteiger partial charge >= 0.3 is 0 Å². The lowest BCUT2D eigenvalue weighted by molar-refractivity contribution is -0.0511. The van der Waals surface area contributed by atoms with Crippen molar-refractivity contribution >= 4 is 17.0 Å². The Balaban J connectivity index is 1.86. The second kappa shape index (κ2) is 7.42. The maximum atomic E-state index is 10.2. The SMILES string of the molecule is C/C(=C\CNc1ncnc2c1ncn2[C@@H]1O[C@H](CO)[C@H](O)[C@H]1O)CO. The van der Waals surface area contributed by atoms with Crippen molar-refractivity contribution in [2.24, 2.45) is 0 Å². The topological polar surface area (TPSA) is 146 Å². The molecule has 136 valence electrons. The van der Waals surface area contributed by atoms with Crippen molar-refractivity contribution < 1.29 is 25.2 Å². The number of aromatic nitrogens is 4. The molecule has 10 heteroatoms. The van der Waals surface area contributed by atoms with Crippen LogP contribution in [0, 0.1) is 0 Å². The highest BCUT2D eigenvalue weighted by Gasteiger charge is 2.44. The molecule has 0 bridgehead atoms. The Hall–Kier alpha value is -2.11. The van der Waals surface area contributed by atoms with Gasteiger partial charge in [-0.15, -0.1) is 0 Å². The smallest absolute Gasteiger partial charge is 0.167 e. The first-order valence-corrected chi connectivity index (χ1v) is 7.87. The highest BCUT2D eigenvalue weighted by atomic mass is 16.6. The summed E-state index contributed by atoms with van der Waals surface area (Å²) in [5.74, 6) is 0.498. The summed E-state index contributed by atoms with van der Waals surface area (Å²) in [5, 5.41) is 41.4. The van der Waals surface area contributed by atoms with Gasteiger partial charge in [-0.05, 0) is 6.92 Å². The summed E-state index contributed by atoms with van der Waals surface area (Å²) in [6, 6.07) is 0. The minimum absolute atomic E-state index is 0.0131. The normalized spacial score (nSPS) is 27.2. The zero-order valence-corrected chi connectivity index (χ0v) is 13.6. The fraction of sp³-hybridized carbons (Fsp3) is 0.533. The maximum Gasteiger partial charge on any atom is 0.167 e. The van der Waals surface area contributed by atoms with Gasteiger partial charge in [0.1, 0.15) is 24.6 Å². The summed E-state index contributed by atoms with van der Waals surface area (Å²) in [6.07, 6.45) is 0.443. The van der Waals surface area contributed by atoms with Crippen LogP contribution in [0.4, 0.5) is 5.82 Å². The van der Waals surface area contributed by atoms with Gasteiger partial charge in [0.25, 0.3) is 0 Å². The highest BCUT2D eigenvalue weighted by Crippen LogP contribution is 2.31. The Morgan fingerprint density at radius 2 is 2.08 bits per heavy atom. The number of ether oxygens (including phenoxy) is 1. The summed E-state index contributed by atoms with van der Waals surface area (Å²) < 4.78 is 7.01. The molecule has 0 amide bonds. The predicted molar refractivity (Wildman–Crippen MR) is 87.7 cm³/mol. The zero-order valence-electron chi connectivity index (χ0n) is 13.6. The molecule has 2 aromatic heterocycles. The first-order valence-electron chi connectivity index (χ1n) is 7.87. The van der Waals surface area contributed by atoms with Gasteiger partial charge < -0.3 is 30.5 Å². The fourth-order valence-electron chi connectivity index (χ4n) is 2.66. The van der Waals surface area contributed by atoms with E-state index in [-0.39, 0.29) is 6.61 Å². The largest absolute Gasteiger partial charge is 0.394 e. The van der Waals surface area contributed by atoms with E-state index in [9.17, 15) is 15.3 Å². The molecule has 4 atom stereocenters. The Morgan fingerprint density at radius 3 is 2.76 bits per heavy atom. The minimum atomic E-state index is -1.21. The number of aliphatic hydroxyl groups excluding tert-OH is 4. The molecule has 1 fully saturated rings. The second-order valence-electron chi connectivity index (χ2n) is 5.86. The minimum Gasteiger partial charge on any atom is -0.394 e. The summed E-state index contributed by atoms with van der Waals surface area (Å²) >= 11 is 0. The van der Waals surface area contributed by atoms with Crippen molar-refractivity contribution in [2.45, 2.75) is 31.5 Å². The molecule has 1 aliphatic rings. The Bertz CT molecular complexity index is 764. The first-order chi connectivity index (χ1) is 12.1. The molecule has 5 N–H and O–H groups in total. The number of rotatable bonds is 6. The molecule has 2 aromatic rings. The van der Waals surface area contributed by atoms with Crippen molar-refractivity contribution in [3.8, 4) is 0 Å². The van der Waals surface area contributed by atoms with E-state index in [0.717, 1.165) is 5.57 Å². The van der Waals surface area contributed by atoms with E-state index in [2.05, 4.69) is 20.3 Å². The number of anilines is 1. The van der Waals surface area contributed by atoms with Crippen LogP contribution in [0.1, 0.15) is 13.2 Å². The molecule has 0 unspecified atom stereocenters. The third-order valence-corrected chi connectivity index (χ3v) is 4.12. The number of aliphatic hydroxyl groups is 4. The van der Waals surface area contributed by atoms with E-state index < -0.39 is 31.1 Å². The number of fused-ring (bicyclic) bond motifs is 1. The fourth-order valence-corrected chi connectivity index (χ4v) is 2.66. The first kappa shape index (κ1) is 17.7. The zero-order chi connectivity index (χ0) is 18.0. The van der Waals surface area contributed by atoms with Crippen molar-refractivity contribution in [1.82, 2.24) is 19.5 Å². The van der Waals surface area contributed by atoms with Crippen molar-refractivity contribution in [2.75, 3.05) is 25.1 Å². The third-order valence-electron chi connectivity index (χ3n) is 4.12. The van der Waals surface area contributed by atoms with Crippen LogP contribution in [0.2, 0.25) is 0 Å². The molecular formula is C15H21N5O5. The molecule has 3 heterocycles. The predicted octanol–water partition coefficient (Wildman–Crippen LogP) is -1.21. The average Bonchev–Trinajstić information content (AvgIpc) is 3.17. The van der Waals surface area contributed by atoms with Gasteiger partial charge in [0.2, 0.25) is 0 Å². The quantitative estimate of drug-likeness (QED) is 0.404. The number of hydrogen-bond donors (Lipinski definition) is 5. The van der Waals surface area contributed by atoms with Crippen molar-refractivity contribution in [3.05, 3.63) is 24.3 Å². The van der Waals surface area contributed by atoms with Crippen LogP contribution in [-0.2, 0) is 4.74 Å². The summed E-state index contributed by atoms with van der Waals surface area (Å²) in [4.78, 5) is 12.6. The molecule has 3 rings (SSSR count). The van der Waals surface area contributed by atoms with Gasteiger partial charge in [0, 0.05) is 6.54 Å². The van der Waals surface area contributed by atoms with Crippen molar-refractivity contribution in [1.29, 1.82) is 0 Å². The molecule has 0 radical (unpaired) electrons. The molecule has 1 saturated heterocycles. The van der Waals surface area contributed by atoms with Gasteiger partial charge in [0.15, 0.2) is 23.2 Å². The number of nitrogens with zero attached hydrogens (tertiary/aromatic N) is 4. The van der Waals surface area contributed by atoms with Crippen LogP contribution in [0.25, 0.3) is 11.2 Å². The highest BCUT2D eigenvalue weighted by molar-refractivity contribution is 5.82. The van der Waals surface area contributed by atoms with Gasteiger partial charge in [-0.25, -0.2) is 15.0 Å². The number of nitrogens with one attached hydrogen (secondary N) is 1. The van der Waals surface area contributed by atoms with Gasteiger partial charge in [-0.1, -0.05) is 11.6 Å². The van der Waals surface area contributed by atoms with Crippen LogP contribution in [0.5, 0.6) is 0 Å². The van der Waals surface area contributed by atoms with E-state index in [1.54, 1.807) is 0 Å². The van der Waals surface area contributed by atoms with Crippen LogP contribution in [-0.4, -0.2) is 78.0 Å².